The fourth-order valence-corrected chi connectivity index (χ4v) is 2.86. The van der Waals surface area contributed by atoms with Gasteiger partial charge in [-0.3, -0.25) is 0 Å². The van der Waals surface area contributed by atoms with E-state index in [0.717, 1.165) is 0 Å². The maximum Gasteiger partial charge on any atom is 2.00 e. The minimum atomic E-state index is -4.56. The van der Waals surface area contributed by atoms with Crippen molar-refractivity contribution in [3.63, 3.8) is 0 Å². The van der Waals surface area contributed by atoms with Crippen LogP contribution in [0.15, 0.2) is 69.7 Å². The van der Waals surface area contributed by atoms with Gasteiger partial charge in [0.2, 0.25) is 0 Å². The quantitative estimate of drug-likeness (QED) is 0.333. The van der Waals surface area contributed by atoms with Gasteiger partial charge in [-0.05, 0) is 35.7 Å². The fraction of sp³-hybridized carbons (Fsp3) is 0. The third kappa shape index (κ3) is 4.63. The third-order valence-corrected chi connectivity index (χ3v) is 4.49. The molecule has 9 heteroatoms. The Morgan fingerprint density at radius 3 is 2.40 bits per heavy atom. The van der Waals surface area contributed by atoms with E-state index in [1.807, 2.05) is 0 Å². The summed E-state index contributed by atoms with van der Waals surface area (Å²) < 4.78 is 33.3. The van der Waals surface area contributed by atoms with Crippen LogP contribution < -0.4 is 0 Å². The minimum Gasteiger partial charge on any atom is -0.744 e. The van der Waals surface area contributed by atoms with E-state index in [1.54, 1.807) is 24.3 Å². The molecule has 25 heavy (non-hydrogen) atoms. The van der Waals surface area contributed by atoms with Crippen LogP contribution in [0.25, 0.3) is 10.8 Å². The Balaban J connectivity index is 0.00000225. The Bertz CT molecular complexity index is 1070. The largest absolute Gasteiger partial charge is 2.00 e. The molecule has 0 saturated carbocycles. The van der Waals surface area contributed by atoms with Gasteiger partial charge in [0, 0.05) is 5.39 Å². The molecule has 1 N–H and O–H groups in total. The second-order valence-electron chi connectivity index (χ2n) is 4.92. The van der Waals surface area contributed by atoms with Gasteiger partial charge < -0.3 is 9.66 Å². The van der Waals surface area contributed by atoms with E-state index in [2.05, 4.69) is 10.2 Å². The van der Waals surface area contributed by atoms with Crippen LogP contribution in [0.3, 0.4) is 0 Å². The molecule has 0 bridgehead atoms. The normalized spacial score (nSPS) is 11.6. The smallest absolute Gasteiger partial charge is 0.744 e. The van der Waals surface area contributed by atoms with E-state index >= 15 is 0 Å². The summed E-state index contributed by atoms with van der Waals surface area (Å²) in [6.45, 7) is 0. The Morgan fingerprint density at radius 1 is 1.00 bits per heavy atom. The number of phenols is 1. The molecule has 0 unspecified atom stereocenters. The van der Waals surface area contributed by atoms with Gasteiger partial charge in [-0.2, -0.15) is 0 Å². The number of fused-ring (bicyclic) bond motifs is 1. The van der Waals surface area contributed by atoms with E-state index in [-0.39, 0.29) is 65.2 Å². The maximum atomic E-state index is 11.1. The number of rotatable bonds is 3. The first-order valence-corrected chi connectivity index (χ1v) is 8.53. The molecule has 6 nitrogen and oxygen atoms in total. The molecule has 0 aliphatic rings. The standard InChI is InChI=1S/C16H11ClN2O4S.Ba/c17-13-3-1-2-4-14(13)18-19-16-12-7-6-11(24(21,22)23)9-10(12)5-8-15(16)20;/h1-9,20H,(H,21,22,23);/q;+2/p-1. The number of hydrogen-bond acceptors (Lipinski definition) is 6. The van der Waals surface area contributed by atoms with E-state index in [1.165, 1.54) is 30.3 Å². The molecule has 0 atom stereocenters. The number of halogens is 1. The van der Waals surface area contributed by atoms with Crippen molar-refractivity contribution in [3.8, 4) is 5.75 Å². The molecule has 0 radical (unpaired) electrons. The number of nitrogens with zero attached hydrogens (tertiary/aromatic N) is 2. The number of azo groups is 1. The summed E-state index contributed by atoms with van der Waals surface area (Å²) in [4.78, 5) is -0.352. The molecule has 3 aromatic carbocycles. The molecule has 3 rings (SSSR count). The van der Waals surface area contributed by atoms with Crippen LogP contribution in [-0.2, 0) is 10.1 Å². The fourth-order valence-electron chi connectivity index (χ4n) is 2.18. The van der Waals surface area contributed by atoms with Gasteiger partial charge in [0.1, 0.15) is 27.2 Å². The molecule has 0 saturated heterocycles. The molecular weight excluding hydrogens is 489 g/mol. The number of aromatic hydroxyl groups is 1. The van der Waals surface area contributed by atoms with Crippen molar-refractivity contribution in [2.45, 2.75) is 4.90 Å². The second-order valence-corrected chi connectivity index (χ2v) is 6.71. The third-order valence-electron chi connectivity index (χ3n) is 3.34. The number of benzene rings is 3. The summed E-state index contributed by atoms with van der Waals surface area (Å²) in [7, 11) is -4.56. The van der Waals surface area contributed by atoms with Crippen molar-refractivity contribution in [1.29, 1.82) is 0 Å². The number of hydrogen-bond donors (Lipinski definition) is 1. The summed E-state index contributed by atoms with van der Waals surface area (Å²) in [6.07, 6.45) is 0. The van der Waals surface area contributed by atoms with Crippen LogP contribution in [0.1, 0.15) is 0 Å². The first-order valence-electron chi connectivity index (χ1n) is 6.74. The average molecular weight is 499 g/mol. The molecule has 0 aliphatic heterocycles. The van der Waals surface area contributed by atoms with Gasteiger partial charge in [0.05, 0.1) is 9.92 Å². The molecule has 0 fully saturated rings. The zero-order chi connectivity index (χ0) is 17.3. The molecule has 122 valence electrons. The van der Waals surface area contributed by atoms with Crippen molar-refractivity contribution >= 4 is 92.7 Å². The van der Waals surface area contributed by atoms with Gasteiger partial charge in [-0.25, -0.2) is 8.42 Å². The van der Waals surface area contributed by atoms with E-state index in [0.29, 0.717) is 21.5 Å². The summed E-state index contributed by atoms with van der Waals surface area (Å²) in [6, 6.07) is 13.5. The van der Waals surface area contributed by atoms with Crippen LogP contribution in [0, 0.1) is 0 Å². The van der Waals surface area contributed by atoms with Crippen LogP contribution in [0.5, 0.6) is 5.75 Å². The zero-order valence-corrected chi connectivity index (χ0v) is 18.8. The molecule has 3 aromatic rings. The van der Waals surface area contributed by atoms with Crippen molar-refractivity contribution in [2.75, 3.05) is 0 Å². The Kier molecular flexibility index (Phi) is 6.69. The van der Waals surface area contributed by atoms with E-state index in [4.69, 9.17) is 11.6 Å². The SMILES string of the molecule is O=S(=O)([O-])c1ccc2c(N=Nc3ccccc3Cl)c(O)ccc2c1.[Ba+2]. The maximum absolute atomic E-state index is 11.1. The first-order chi connectivity index (χ1) is 11.4. The van der Waals surface area contributed by atoms with Crippen LogP contribution in [0.4, 0.5) is 11.4 Å². The van der Waals surface area contributed by atoms with Crippen molar-refractivity contribution in [3.05, 3.63) is 59.6 Å². The van der Waals surface area contributed by atoms with Crippen molar-refractivity contribution in [2.24, 2.45) is 10.2 Å². The Hall–Kier alpha value is -0.909. The summed E-state index contributed by atoms with van der Waals surface area (Å²) in [5.74, 6) is -0.129. The topological polar surface area (TPSA) is 102 Å². The monoisotopic (exact) mass is 499 g/mol. The summed E-state index contributed by atoms with van der Waals surface area (Å²) in [5, 5.41) is 19.4. The Labute approximate surface area is 189 Å². The van der Waals surface area contributed by atoms with Crippen LogP contribution in [-0.4, -0.2) is 67.0 Å². The van der Waals surface area contributed by atoms with Crippen molar-refractivity contribution < 1.29 is 18.1 Å². The van der Waals surface area contributed by atoms with E-state index in [9.17, 15) is 18.1 Å². The van der Waals surface area contributed by atoms with Crippen LogP contribution >= 0.6 is 11.6 Å². The zero-order valence-electron chi connectivity index (χ0n) is 12.8. The minimum absolute atomic E-state index is 0. The molecule has 0 amide bonds. The van der Waals surface area contributed by atoms with Gasteiger partial charge in [-0.15, -0.1) is 10.2 Å². The van der Waals surface area contributed by atoms with Crippen molar-refractivity contribution in [1.82, 2.24) is 0 Å². The average Bonchev–Trinajstić information content (AvgIpc) is 2.54. The molecular formula is C16H10BaClN2O4S+. The predicted octanol–water partition coefficient (Wildman–Crippen LogP) is 4.14. The summed E-state index contributed by atoms with van der Waals surface area (Å²) in [5.41, 5.74) is 0.580. The van der Waals surface area contributed by atoms with Gasteiger partial charge >= 0.3 is 48.9 Å². The summed E-state index contributed by atoms with van der Waals surface area (Å²) >= 11 is 6.00. The first kappa shape index (κ1) is 20.4. The Morgan fingerprint density at radius 2 is 1.72 bits per heavy atom. The van der Waals surface area contributed by atoms with E-state index < -0.39 is 10.1 Å². The molecule has 0 spiro atoms. The second kappa shape index (κ2) is 8.19. The predicted molar refractivity (Wildman–Crippen MR) is 95.0 cm³/mol. The number of phenolic OH excluding ortho intramolecular Hbond substituents is 1. The van der Waals surface area contributed by atoms with Gasteiger partial charge in [-0.1, -0.05) is 35.9 Å². The molecule has 0 aromatic heterocycles. The van der Waals surface area contributed by atoms with Gasteiger partial charge in [0.25, 0.3) is 0 Å². The molecule has 0 aliphatic carbocycles. The van der Waals surface area contributed by atoms with Crippen LogP contribution in [0.2, 0.25) is 5.02 Å². The molecule has 0 heterocycles. The van der Waals surface area contributed by atoms with Gasteiger partial charge in [0.15, 0.2) is 0 Å².